The first kappa shape index (κ1) is 7.55. The number of rotatable bonds is 2. The van der Waals surface area contributed by atoms with Crippen molar-refractivity contribution in [2.45, 2.75) is 18.9 Å². The summed E-state index contributed by atoms with van der Waals surface area (Å²) in [7, 11) is 0. The van der Waals surface area contributed by atoms with Crippen LogP contribution in [-0.2, 0) is 0 Å². The van der Waals surface area contributed by atoms with Crippen LogP contribution in [0.15, 0.2) is 23.1 Å². The summed E-state index contributed by atoms with van der Waals surface area (Å²) in [6.07, 6.45) is 4.06. The van der Waals surface area contributed by atoms with Gasteiger partial charge in [-0.1, -0.05) is 0 Å². The first-order chi connectivity index (χ1) is 5.77. The first-order valence-corrected chi connectivity index (χ1v) is 4.21. The molecule has 0 amide bonds. The second-order valence-electron chi connectivity index (χ2n) is 3.35. The Kier molecular flexibility index (Phi) is 1.73. The van der Waals surface area contributed by atoms with Crippen LogP contribution in [0.25, 0.3) is 0 Å². The minimum Gasteiger partial charge on any atom is -0.329 e. The van der Waals surface area contributed by atoms with Crippen LogP contribution in [0.4, 0.5) is 0 Å². The standard InChI is InChI=1S/C9H12N2O/c10-9(6-1-2-6)7-3-4-11-8(12)5-7/h3-6,9H,1-2,10H2,(H,11,12)/t9-/m1/s1. The fourth-order valence-electron chi connectivity index (χ4n) is 1.40. The molecule has 0 bridgehead atoms. The maximum Gasteiger partial charge on any atom is 0.248 e. The van der Waals surface area contributed by atoms with Gasteiger partial charge in [0.25, 0.3) is 0 Å². The van der Waals surface area contributed by atoms with Crippen LogP contribution in [0.5, 0.6) is 0 Å². The highest BCUT2D eigenvalue weighted by Crippen LogP contribution is 2.38. The Balaban J connectivity index is 2.26. The molecule has 12 heavy (non-hydrogen) atoms. The minimum absolute atomic E-state index is 0.0623. The second kappa shape index (κ2) is 2.75. The topological polar surface area (TPSA) is 58.9 Å². The number of aromatic nitrogens is 1. The molecular formula is C9H12N2O. The molecule has 3 N–H and O–H groups in total. The average Bonchev–Trinajstić information content (AvgIpc) is 2.85. The molecule has 1 fully saturated rings. The zero-order valence-electron chi connectivity index (χ0n) is 6.79. The van der Waals surface area contributed by atoms with Gasteiger partial charge in [-0.3, -0.25) is 4.79 Å². The fraction of sp³-hybridized carbons (Fsp3) is 0.444. The zero-order chi connectivity index (χ0) is 8.55. The van der Waals surface area contributed by atoms with Crippen LogP contribution in [-0.4, -0.2) is 4.98 Å². The molecule has 0 spiro atoms. The summed E-state index contributed by atoms with van der Waals surface area (Å²) in [5.41, 5.74) is 6.81. The molecule has 0 radical (unpaired) electrons. The normalized spacial score (nSPS) is 19.1. The summed E-state index contributed by atoms with van der Waals surface area (Å²) in [6, 6.07) is 3.53. The summed E-state index contributed by atoms with van der Waals surface area (Å²) in [5.74, 6) is 0.604. The summed E-state index contributed by atoms with van der Waals surface area (Å²) in [6.45, 7) is 0. The smallest absolute Gasteiger partial charge is 0.248 e. The van der Waals surface area contributed by atoms with Crippen LogP contribution in [0.2, 0.25) is 0 Å². The van der Waals surface area contributed by atoms with Crippen LogP contribution in [0, 0.1) is 5.92 Å². The largest absolute Gasteiger partial charge is 0.329 e. The predicted octanol–water partition coefficient (Wildman–Crippen LogP) is 0.785. The van der Waals surface area contributed by atoms with Crippen LogP contribution >= 0.6 is 0 Å². The molecule has 0 unspecified atom stereocenters. The molecule has 1 aliphatic rings. The van der Waals surface area contributed by atoms with Gasteiger partial charge >= 0.3 is 0 Å². The molecule has 64 valence electrons. The Bertz CT molecular complexity index is 327. The van der Waals surface area contributed by atoms with Crippen LogP contribution in [0.3, 0.4) is 0 Å². The van der Waals surface area contributed by atoms with Crippen molar-refractivity contribution in [3.8, 4) is 0 Å². The molecule has 1 aromatic heterocycles. The van der Waals surface area contributed by atoms with Crippen LogP contribution in [0.1, 0.15) is 24.4 Å². The first-order valence-electron chi connectivity index (χ1n) is 4.21. The lowest BCUT2D eigenvalue weighted by molar-refractivity contribution is 0.632. The lowest BCUT2D eigenvalue weighted by Gasteiger charge is -2.08. The second-order valence-corrected chi connectivity index (χ2v) is 3.35. The molecular weight excluding hydrogens is 152 g/mol. The monoisotopic (exact) mass is 164 g/mol. The molecule has 2 rings (SSSR count). The Morgan fingerprint density at radius 2 is 2.33 bits per heavy atom. The Labute approximate surface area is 70.6 Å². The number of nitrogens with two attached hydrogens (primary N) is 1. The van der Waals surface area contributed by atoms with E-state index in [1.807, 2.05) is 6.07 Å². The molecule has 0 aromatic carbocycles. The molecule has 1 atom stereocenters. The highest BCUT2D eigenvalue weighted by atomic mass is 16.1. The third kappa shape index (κ3) is 1.41. The van der Waals surface area contributed by atoms with Crippen molar-refractivity contribution in [3.05, 3.63) is 34.2 Å². The number of H-pyrrole nitrogens is 1. The quantitative estimate of drug-likeness (QED) is 0.678. The van der Waals surface area contributed by atoms with Crippen molar-refractivity contribution >= 4 is 0 Å². The van der Waals surface area contributed by atoms with Gasteiger partial charge in [0.15, 0.2) is 0 Å². The molecule has 0 aliphatic heterocycles. The zero-order valence-corrected chi connectivity index (χ0v) is 6.79. The van der Waals surface area contributed by atoms with E-state index in [9.17, 15) is 4.79 Å². The number of hydrogen-bond donors (Lipinski definition) is 2. The van der Waals surface area contributed by atoms with Gasteiger partial charge in [0.05, 0.1) is 0 Å². The van der Waals surface area contributed by atoms with Gasteiger partial charge in [-0.15, -0.1) is 0 Å². The van der Waals surface area contributed by atoms with Gasteiger partial charge in [-0.05, 0) is 30.4 Å². The molecule has 0 saturated heterocycles. The highest BCUT2D eigenvalue weighted by molar-refractivity contribution is 5.17. The number of hydrogen-bond acceptors (Lipinski definition) is 2. The van der Waals surface area contributed by atoms with Crippen LogP contribution < -0.4 is 11.3 Å². The Morgan fingerprint density at radius 3 is 2.92 bits per heavy atom. The lowest BCUT2D eigenvalue weighted by atomic mass is 10.1. The third-order valence-electron chi connectivity index (χ3n) is 2.31. The van der Waals surface area contributed by atoms with E-state index in [1.165, 1.54) is 12.8 Å². The van der Waals surface area contributed by atoms with Crippen molar-refractivity contribution in [1.29, 1.82) is 0 Å². The van der Waals surface area contributed by atoms with E-state index in [0.717, 1.165) is 5.56 Å². The highest BCUT2D eigenvalue weighted by Gasteiger charge is 2.29. The predicted molar refractivity (Wildman–Crippen MR) is 46.7 cm³/mol. The summed E-state index contributed by atoms with van der Waals surface area (Å²) < 4.78 is 0. The molecule has 1 heterocycles. The number of aromatic amines is 1. The molecule has 3 heteroatoms. The molecule has 3 nitrogen and oxygen atoms in total. The van der Waals surface area contributed by atoms with Crippen molar-refractivity contribution in [2.75, 3.05) is 0 Å². The third-order valence-corrected chi connectivity index (χ3v) is 2.31. The summed E-state index contributed by atoms with van der Waals surface area (Å²) in [5, 5.41) is 0. The Hall–Kier alpha value is -1.09. The molecule has 1 saturated carbocycles. The minimum atomic E-state index is -0.0661. The Morgan fingerprint density at radius 1 is 1.58 bits per heavy atom. The van der Waals surface area contributed by atoms with E-state index in [-0.39, 0.29) is 11.6 Å². The average molecular weight is 164 g/mol. The number of nitrogens with one attached hydrogen (secondary N) is 1. The van der Waals surface area contributed by atoms with E-state index >= 15 is 0 Å². The van der Waals surface area contributed by atoms with E-state index in [2.05, 4.69) is 4.98 Å². The molecule has 1 aromatic rings. The van der Waals surface area contributed by atoms with Gasteiger partial charge in [0.2, 0.25) is 5.56 Å². The maximum absolute atomic E-state index is 10.9. The van der Waals surface area contributed by atoms with Gasteiger partial charge in [-0.25, -0.2) is 0 Å². The van der Waals surface area contributed by atoms with E-state index < -0.39 is 0 Å². The molecule has 1 aliphatic carbocycles. The SMILES string of the molecule is N[C@@H](c1cc[nH]c(=O)c1)C1CC1. The van der Waals surface area contributed by atoms with E-state index in [4.69, 9.17) is 5.73 Å². The number of pyridine rings is 1. The summed E-state index contributed by atoms with van der Waals surface area (Å²) in [4.78, 5) is 13.5. The van der Waals surface area contributed by atoms with Gasteiger partial charge in [-0.2, -0.15) is 0 Å². The van der Waals surface area contributed by atoms with Crippen molar-refractivity contribution in [2.24, 2.45) is 11.7 Å². The van der Waals surface area contributed by atoms with Gasteiger partial charge in [0.1, 0.15) is 0 Å². The van der Waals surface area contributed by atoms with E-state index in [0.29, 0.717) is 5.92 Å². The van der Waals surface area contributed by atoms with Crippen molar-refractivity contribution in [1.82, 2.24) is 4.98 Å². The summed E-state index contributed by atoms with van der Waals surface area (Å²) >= 11 is 0. The van der Waals surface area contributed by atoms with Gasteiger partial charge in [0, 0.05) is 18.3 Å². The van der Waals surface area contributed by atoms with E-state index in [1.54, 1.807) is 12.3 Å². The van der Waals surface area contributed by atoms with Crippen molar-refractivity contribution in [3.63, 3.8) is 0 Å². The fourth-order valence-corrected chi connectivity index (χ4v) is 1.40. The maximum atomic E-state index is 10.9. The van der Waals surface area contributed by atoms with Crippen molar-refractivity contribution < 1.29 is 0 Å². The lowest BCUT2D eigenvalue weighted by Crippen LogP contribution is -2.15. The van der Waals surface area contributed by atoms with Gasteiger partial charge < -0.3 is 10.7 Å².